The molecule has 0 spiro atoms. The van der Waals surface area contributed by atoms with Gasteiger partial charge in [-0.2, -0.15) is 5.10 Å². The summed E-state index contributed by atoms with van der Waals surface area (Å²) in [6, 6.07) is 11.0. The Morgan fingerprint density at radius 1 is 1.15 bits per heavy atom. The second kappa shape index (κ2) is 9.42. The van der Waals surface area contributed by atoms with Gasteiger partial charge in [0.2, 0.25) is 5.13 Å². The van der Waals surface area contributed by atoms with E-state index < -0.39 is 0 Å². The highest BCUT2D eigenvalue weighted by atomic mass is 35.5. The molecule has 0 aliphatic carbocycles. The van der Waals surface area contributed by atoms with E-state index in [1.54, 1.807) is 18.3 Å². The van der Waals surface area contributed by atoms with E-state index in [0.717, 1.165) is 23.2 Å². The molecule has 0 saturated carbocycles. The van der Waals surface area contributed by atoms with Crippen molar-refractivity contribution < 1.29 is 4.74 Å². The van der Waals surface area contributed by atoms with Crippen LogP contribution in [-0.4, -0.2) is 17.8 Å². The van der Waals surface area contributed by atoms with Crippen LogP contribution in [-0.2, 0) is 0 Å². The molecule has 0 bridgehead atoms. The molecule has 1 aromatic heterocycles. The number of halogens is 3. The minimum atomic E-state index is 0.455. The van der Waals surface area contributed by atoms with Crippen LogP contribution < -0.4 is 10.2 Å². The van der Waals surface area contributed by atoms with Gasteiger partial charge >= 0.3 is 0 Å². The lowest BCUT2D eigenvalue weighted by Crippen LogP contribution is -1.97. The molecule has 0 aliphatic rings. The third-order valence-electron chi connectivity index (χ3n) is 3.49. The molecular formula is C19H16Cl3N3OS. The number of nitrogens with zero attached hydrogens (tertiary/aromatic N) is 2. The van der Waals surface area contributed by atoms with E-state index in [2.05, 4.69) is 15.5 Å². The second-order valence-electron chi connectivity index (χ2n) is 5.58. The first-order chi connectivity index (χ1) is 13.1. The molecule has 0 atom stereocenters. The molecule has 3 rings (SSSR count). The molecule has 0 saturated heterocycles. The Balaban J connectivity index is 1.66. The van der Waals surface area contributed by atoms with Crippen molar-refractivity contribution in [3.05, 3.63) is 62.4 Å². The van der Waals surface area contributed by atoms with Crippen molar-refractivity contribution in [3.63, 3.8) is 0 Å². The summed E-state index contributed by atoms with van der Waals surface area (Å²) in [6.07, 6.45) is 2.51. The molecule has 0 amide bonds. The lowest BCUT2D eigenvalue weighted by atomic mass is 10.2. The van der Waals surface area contributed by atoms with Gasteiger partial charge in [-0.15, -0.1) is 11.3 Å². The van der Waals surface area contributed by atoms with Crippen molar-refractivity contribution in [3.8, 4) is 17.0 Å². The van der Waals surface area contributed by atoms with E-state index in [-0.39, 0.29) is 0 Å². The SMILES string of the molecule is CCCOc1c(Cl)cc(/C=N\Nc2nc(-c3ccc(Cl)cc3)cs2)cc1Cl. The van der Waals surface area contributed by atoms with Crippen LogP contribution in [0, 0.1) is 0 Å². The average molecular weight is 441 g/mol. The van der Waals surface area contributed by atoms with Crippen molar-refractivity contribution in [2.75, 3.05) is 12.0 Å². The van der Waals surface area contributed by atoms with Crippen molar-refractivity contribution in [1.29, 1.82) is 0 Å². The molecule has 0 aliphatic heterocycles. The number of nitrogens with one attached hydrogen (secondary N) is 1. The molecule has 0 radical (unpaired) electrons. The lowest BCUT2D eigenvalue weighted by molar-refractivity contribution is 0.318. The number of ether oxygens (including phenoxy) is 1. The molecular weight excluding hydrogens is 425 g/mol. The van der Waals surface area contributed by atoms with E-state index in [1.165, 1.54) is 11.3 Å². The highest BCUT2D eigenvalue weighted by Crippen LogP contribution is 2.34. The first-order valence-electron chi connectivity index (χ1n) is 8.19. The third kappa shape index (κ3) is 5.36. The predicted octanol–water partition coefficient (Wildman–Crippen LogP) is 7.01. The predicted molar refractivity (Wildman–Crippen MR) is 116 cm³/mol. The summed E-state index contributed by atoms with van der Waals surface area (Å²) in [5.41, 5.74) is 5.53. The number of hydrogen-bond donors (Lipinski definition) is 1. The zero-order valence-corrected chi connectivity index (χ0v) is 17.5. The standard InChI is InChI=1S/C19H16Cl3N3OS/c1-2-7-26-18-15(21)8-12(9-16(18)22)10-23-25-19-24-17(11-27-19)13-3-5-14(20)6-4-13/h3-6,8-11H,2,7H2,1H3,(H,24,25)/b23-10-. The van der Waals surface area contributed by atoms with Gasteiger partial charge in [-0.1, -0.05) is 53.9 Å². The van der Waals surface area contributed by atoms with E-state index >= 15 is 0 Å². The number of benzene rings is 2. The molecule has 0 fully saturated rings. The van der Waals surface area contributed by atoms with E-state index in [0.29, 0.717) is 32.6 Å². The molecule has 140 valence electrons. The van der Waals surface area contributed by atoms with Gasteiger partial charge < -0.3 is 4.74 Å². The smallest absolute Gasteiger partial charge is 0.203 e. The summed E-state index contributed by atoms with van der Waals surface area (Å²) in [6.45, 7) is 2.58. The Morgan fingerprint density at radius 3 is 2.52 bits per heavy atom. The largest absolute Gasteiger partial charge is 0.490 e. The number of thiazole rings is 1. The molecule has 27 heavy (non-hydrogen) atoms. The van der Waals surface area contributed by atoms with E-state index in [1.807, 2.05) is 36.6 Å². The Morgan fingerprint density at radius 2 is 1.85 bits per heavy atom. The van der Waals surface area contributed by atoms with Crippen LogP contribution in [0.15, 0.2) is 46.9 Å². The maximum absolute atomic E-state index is 6.24. The highest BCUT2D eigenvalue weighted by molar-refractivity contribution is 7.14. The number of aromatic nitrogens is 1. The van der Waals surface area contributed by atoms with Gasteiger partial charge in [0.25, 0.3) is 0 Å². The number of anilines is 1. The molecule has 4 nitrogen and oxygen atoms in total. The Labute approximate surface area is 176 Å². The summed E-state index contributed by atoms with van der Waals surface area (Å²) in [7, 11) is 0. The van der Waals surface area contributed by atoms with Gasteiger partial charge in [0.1, 0.15) is 0 Å². The molecule has 1 heterocycles. The van der Waals surface area contributed by atoms with Crippen LogP contribution in [0.25, 0.3) is 11.3 Å². The second-order valence-corrected chi connectivity index (χ2v) is 7.69. The van der Waals surface area contributed by atoms with Gasteiger partial charge in [0.15, 0.2) is 5.75 Å². The fraction of sp³-hybridized carbons (Fsp3) is 0.158. The lowest BCUT2D eigenvalue weighted by Gasteiger charge is -2.09. The Kier molecular flexibility index (Phi) is 6.96. The normalized spacial score (nSPS) is 11.1. The zero-order chi connectivity index (χ0) is 19.2. The summed E-state index contributed by atoms with van der Waals surface area (Å²) < 4.78 is 5.56. The van der Waals surface area contributed by atoms with Crippen LogP contribution in [0.4, 0.5) is 5.13 Å². The molecule has 8 heteroatoms. The van der Waals surface area contributed by atoms with E-state index in [4.69, 9.17) is 39.5 Å². The van der Waals surface area contributed by atoms with Crippen molar-refractivity contribution >= 4 is 57.5 Å². The van der Waals surface area contributed by atoms with Gasteiger partial charge in [0, 0.05) is 16.0 Å². The Hall–Kier alpha value is -1.79. The fourth-order valence-corrected chi connectivity index (χ4v) is 3.64. The summed E-state index contributed by atoms with van der Waals surface area (Å²) in [5, 5.41) is 8.44. The maximum atomic E-state index is 6.24. The van der Waals surface area contributed by atoms with Gasteiger partial charge in [-0.05, 0) is 36.2 Å². The van der Waals surface area contributed by atoms with Crippen LogP contribution >= 0.6 is 46.1 Å². The summed E-state index contributed by atoms with van der Waals surface area (Å²) >= 11 is 19.8. The van der Waals surface area contributed by atoms with Crippen LogP contribution in [0.1, 0.15) is 18.9 Å². The number of hydrogen-bond acceptors (Lipinski definition) is 5. The topological polar surface area (TPSA) is 46.5 Å². The van der Waals surface area contributed by atoms with Crippen molar-refractivity contribution in [2.45, 2.75) is 13.3 Å². The molecule has 0 unspecified atom stereocenters. The van der Waals surface area contributed by atoms with Gasteiger partial charge in [-0.25, -0.2) is 4.98 Å². The van der Waals surface area contributed by atoms with Gasteiger partial charge in [0.05, 0.1) is 28.6 Å². The van der Waals surface area contributed by atoms with E-state index in [9.17, 15) is 0 Å². The monoisotopic (exact) mass is 439 g/mol. The number of rotatable bonds is 7. The first-order valence-corrected chi connectivity index (χ1v) is 10.2. The number of hydrazone groups is 1. The molecule has 1 N–H and O–H groups in total. The molecule has 2 aromatic carbocycles. The van der Waals surface area contributed by atoms with Crippen LogP contribution in [0.2, 0.25) is 15.1 Å². The summed E-state index contributed by atoms with van der Waals surface area (Å²) in [4.78, 5) is 4.50. The highest BCUT2D eigenvalue weighted by Gasteiger charge is 2.09. The zero-order valence-electron chi connectivity index (χ0n) is 14.4. The minimum Gasteiger partial charge on any atom is -0.490 e. The first kappa shape index (κ1) is 20.0. The van der Waals surface area contributed by atoms with Crippen molar-refractivity contribution in [2.24, 2.45) is 5.10 Å². The average Bonchev–Trinajstić information content (AvgIpc) is 3.10. The van der Waals surface area contributed by atoms with Gasteiger partial charge in [-0.3, -0.25) is 5.43 Å². The molecule has 3 aromatic rings. The van der Waals surface area contributed by atoms with Crippen molar-refractivity contribution in [1.82, 2.24) is 4.98 Å². The van der Waals surface area contributed by atoms with Crippen LogP contribution in [0.3, 0.4) is 0 Å². The minimum absolute atomic E-state index is 0.455. The summed E-state index contributed by atoms with van der Waals surface area (Å²) in [5.74, 6) is 0.498. The quantitative estimate of drug-likeness (QED) is 0.317. The third-order valence-corrected chi connectivity index (χ3v) is 5.05. The maximum Gasteiger partial charge on any atom is 0.203 e. The van der Waals surface area contributed by atoms with Crippen LogP contribution in [0.5, 0.6) is 5.75 Å². The fourth-order valence-electron chi connectivity index (χ4n) is 2.24. The Bertz CT molecular complexity index is 919.